The van der Waals surface area contributed by atoms with Crippen LogP contribution in [0.2, 0.25) is 10.0 Å². The highest BCUT2D eigenvalue weighted by Crippen LogP contribution is 2.40. The van der Waals surface area contributed by atoms with E-state index in [0.29, 0.717) is 11.5 Å². The first kappa shape index (κ1) is 16.0. The van der Waals surface area contributed by atoms with E-state index < -0.39 is 15.6 Å². The maximum atomic E-state index is 12.5. The number of hydrogen-bond donors (Lipinski definition) is 2. The molecule has 2 rings (SSSR count). The van der Waals surface area contributed by atoms with E-state index in [0.717, 1.165) is 12.8 Å². The van der Waals surface area contributed by atoms with Crippen molar-refractivity contribution >= 4 is 33.2 Å². The summed E-state index contributed by atoms with van der Waals surface area (Å²) in [5, 5.41) is 9.48. The maximum absolute atomic E-state index is 12.5. The van der Waals surface area contributed by atoms with Crippen LogP contribution < -0.4 is 4.72 Å². The summed E-state index contributed by atoms with van der Waals surface area (Å²) in [4.78, 5) is -0.0543. The van der Waals surface area contributed by atoms with Gasteiger partial charge in [0.2, 0.25) is 10.0 Å². The minimum atomic E-state index is -3.75. The lowest BCUT2D eigenvalue weighted by molar-refractivity contribution is 0.281. The maximum Gasteiger partial charge on any atom is 0.242 e. The summed E-state index contributed by atoms with van der Waals surface area (Å²) < 4.78 is 27.6. The lowest BCUT2D eigenvalue weighted by atomic mass is 10.0. The number of nitrogens with one attached hydrogen (secondary N) is 1. The van der Waals surface area contributed by atoms with Crippen LogP contribution in [0.15, 0.2) is 17.0 Å². The average Bonchev–Trinajstić information content (AvgIpc) is 3.10. The molecule has 0 aliphatic heterocycles. The first-order chi connectivity index (χ1) is 9.17. The van der Waals surface area contributed by atoms with E-state index in [1.807, 2.05) is 13.8 Å². The molecule has 112 valence electrons. The molecule has 0 radical (unpaired) electrons. The molecule has 1 aromatic rings. The van der Waals surface area contributed by atoms with E-state index >= 15 is 0 Å². The van der Waals surface area contributed by atoms with Crippen LogP contribution in [0.5, 0.6) is 0 Å². The third-order valence-corrected chi connectivity index (χ3v) is 6.04. The molecule has 7 heteroatoms. The predicted molar refractivity (Wildman–Crippen MR) is 79.5 cm³/mol. The van der Waals surface area contributed by atoms with Gasteiger partial charge in [0.05, 0.1) is 11.6 Å². The van der Waals surface area contributed by atoms with Crippen LogP contribution in [0.4, 0.5) is 0 Å². The fourth-order valence-corrected chi connectivity index (χ4v) is 4.52. The molecule has 1 aliphatic carbocycles. The average molecular weight is 338 g/mol. The van der Waals surface area contributed by atoms with Gasteiger partial charge in [0.1, 0.15) is 4.90 Å². The van der Waals surface area contributed by atoms with E-state index in [-0.39, 0.29) is 21.5 Å². The topological polar surface area (TPSA) is 66.4 Å². The van der Waals surface area contributed by atoms with E-state index in [1.165, 1.54) is 12.1 Å². The van der Waals surface area contributed by atoms with Crippen molar-refractivity contribution in [3.05, 3.63) is 27.7 Å². The van der Waals surface area contributed by atoms with Crippen LogP contribution in [0.3, 0.4) is 0 Å². The number of benzene rings is 1. The molecule has 0 unspecified atom stereocenters. The third-order valence-electron chi connectivity index (χ3n) is 3.56. The quantitative estimate of drug-likeness (QED) is 0.867. The van der Waals surface area contributed by atoms with Crippen LogP contribution in [0, 0.1) is 5.92 Å². The first-order valence-electron chi connectivity index (χ1n) is 6.30. The molecule has 0 aromatic heterocycles. The van der Waals surface area contributed by atoms with Gasteiger partial charge < -0.3 is 5.11 Å². The fraction of sp³-hybridized carbons (Fsp3) is 0.538. The Balaban J connectivity index is 2.38. The predicted octanol–water partition coefficient (Wildman–Crippen LogP) is 2.95. The Kier molecular flexibility index (Phi) is 4.38. The second-order valence-electron chi connectivity index (χ2n) is 5.63. The number of aliphatic hydroxyl groups is 1. The Morgan fingerprint density at radius 1 is 1.30 bits per heavy atom. The number of rotatable bonds is 5. The van der Waals surface area contributed by atoms with Crippen LogP contribution in [0.1, 0.15) is 32.3 Å². The zero-order chi connectivity index (χ0) is 15.1. The summed E-state index contributed by atoms with van der Waals surface area (Å²) >= 11 is 11.9. The monoisotopic (exact) mass is 337 g/mol. The van der Waals surface area contributed by atoms with Crippen molar-refractivity contribution in [1.82, 2.24) is 4.72 Å². The van der Waals surface area contributed by atoms with Gasteiger partial charge in [0.25, 0.3) is 0 Å². The molecule has 1 aliphatic rings. The summed E-state index contributed by atoms with van der Waals surface area (Å²) in [6, 6.07) is 2.66. The molecule has 20 heavy (non-hydrogen) atoms. The lowest BCUT2D eigenvalue weighted by Crippen LogP contribution is -2.45. The summed E-state index contributed by atoms with van der Waals surface area (Å²) in [5.41, 5.74) is -0.179. The first-order valence-corrected chi connectivity index (χ1v) is 8.54. The highest BCUT2D eigenvalue weighted by atomic mass is 35.5. The van der Waals surface area contributed by atoms with Crippen molar-refractivity contribution in [3.63, 3.8) is 0 Å². The summed E-state index contributed by atoms with van der Waals surface area (Å²) in [5.74, 6) is 0.348. The largest absolute Gasteiger partial charge is 0.392 e. The Labute approximate surface area is 129 Å². The highest BCUT2D eigenvalue weighted by Gasteiger charge is 2.41. The van der Waals surface area contributed by atoms with E-state index in [9.17, 15) is 13.5 Å². The molecule has 0 saturated heterocycles. The summed E-state index contributed by atoms with van der Waals surface area (Å²) in [6.45, 7) is 3.38. The number of aliphatic hydroxyl groups excluding tert-OH is 1. The Morgan fingerprint density at radius 2 is 1.90 bits per heavy atom. The van der Waals surface area contributed by atoms with Crippen molar-refractivity contribution in [2.45, 2.75) is 43.7 Å². The smallest absolute Gasteiger partial charge is 0.242 e. The zero-order valence-electron chi connectivity index (χ0n) is 11.3. The van der Waals surface area contributed by atoms with Gasteiger partial charge in [0.15, 0.2) is 0 Å². The molecule has 0 heterocycles. The van der Waals surface area contributed by atoms with Crippen molar-refractivity contribution in [2.75, 3.05) is 0 Å². The van der Waals surface area contributed by atoms with Crippen LogP contribution in [0.25, 0.3) is 0 Å². The van der Waals surface area contributed by atoms with E-state index in [1.54, 1.807) is 0 Å². The molecule has 0 spiro atoms. The standard InChI is InChI=1S/C13H17Cl2NO3S/c1-13(2,9-3-4-9)16-20(18,19)12-5-8(7-17)10(14)6-11(12)15/h5-6,9,16-17H,3-4,7H2,1-2H3. The Morgan fingerprint density at radius 3 is 2.40 bits per heavy atom. The molecule has 1 aromatic carbocycles. The lowest BCUT2D eigenvalue weighted by Gasteiger charge is -2.26. The molecule has 1 saturated carbocycles. The minimum absolute atomic E-state index is 0.0475. The Bertz CT molecular complexity index is 625. The van der Waals surface area contributed by atoms with Gasteiger partial charge in [-0.1, -0.05) is 23.2 Å². The summed E-state index contributed by atoms with van der Waals surface area (Å²) in [6.07, 6.45) is 2.04. The molecular formula is C13H17Cl2NO3S. The summed E-state index contributed by atoms with van der Waals surface area (Å²) in [7, 11) is -3.75. The van der Waals surface area contributed by atoms with Crippen LogP contribution in [-0.4, -0.2) is 19.1 Å². The third kappa shape index (κ3) is 3.28. The number of halogens is 2. The number of hydrogen-bond acceptors (Lipinski definition) is 3. The molecule has 0 amide bonds. The van der Waals surface area contributed by atoms with Gasteiger partial charge in [-0.05, 0) is 50.3 Å². The van der Waals surface area contributed by atoms with Crippen molar-refractivity contribution in [3.8, 4) is 0 Å². The van der Waals surface area contributed by atoms with E-state index in [4.69, 9.17) is 23.2 Å². The van der Waals surface area contributed by atoms with Crippen LogP contribution in [-0.2, 0) is 16.6 Å². The molecule has 0 bridgehead atoms. The van der Waals surface area contributed by atoms with Gasteiger partial charge in [-0.25, -0.2) is 13.1 Å². The molecule has 2 N–H and O–H groups in total. The normalized spacial score (nSPS) is 16.4. The van der Waals surface area contributed by atoms with Crippen LogP contribution >= 0.6 is 23.2 Å². The number of sulfonamides is 1. The fourth-order valence-electron chi connectivity index (χ4n) is 2.19. The second-order valence-corrected chi connectivity index (χ2v) is 8.10. The van der Waals surface area contributed by atoms with Gasteiger partial charge >= 0.3 is 0 Å². The van der Waals surface area contributed by atoms with E-state index in [2.05, 4.69) is 4.72 Å². The molecule has 4 nitrogen and oxygen atoms in total. The van der Waals surface area contributed by atoms with Gasteiger partial charge in [-0.3, -0.25) is 0 Å². The van der Waals surface area contributed by atoms with Gasteiger partial charge in [0, 0.05) is 10.6 Å². The minimum Gasteiger partial charge on any atom is -0.392 e. The highest BCUT2D eigenvalue weighted by molar-refractivity contribution is 7.89. The zero-order valence-corrected chi connectivity index (χ0v) is 13.6. The van der Waals surface area contributed by atoms with Crippen molar-refractivity contribution in [1.29, 1.82) is 0 Å². The molecule has 0 atom stereocenters. The van der Waals surface area contributed by atoms with Crippen molar-refractivity contribution < 1.29 is 13.5 Å². The second kappa shape index (κ2) is 5.46. The molecular weight excluding hydrogens is 321 g/mol. The molecule has 1 fully saturated rings. The van der Waals surface area contributed by atoms with Gasteiger partial charge in [-0.15, -0.1) is 0 Å². The Hall–Kier alpha value is -0.330. The SMILES string of the molecule is CC(C)(NS(=O)(=O)c1cc(CO)c(Cl)cc1Cl)C1CC1. The van der Waals surface area contributed by atoms with Crippen molar-refractivity contribution in [2.24, 2.45) is 5.92 Å². The van der Waals surface area contributed by atoms with Gasteiger partial charge in [-0.2, -0.15) is 0 Å².